The summed E-state index contributed by atoms with van der Waals surface area (Å²) >= 11 is 0.657. The van der Waals surface area contributed by atoms with Gasteiger partial charge in [0.1, 0.15) is 5.03 Å². The normalized spacial score (nSPS) is 10.7. The molecule has 2 nitrogen and oxygen atoms in total. The van der Waals surface area contributed by atoms with E-state index < -0.39 is 12.6 Å². The van der Waals surface area contributed by atoms with Crippen LogP contribution < -0.4 is 51.4 Å². The first kappa shape index (κ1) is 13.9. The molecule has 0 spiro atoms. The Bertz CT molecular complexity index is 245. The minimum absolute atomic E-state index is 0. The van der Waals surface area contributed by atoms with E-state index in [9.17, 15) is 12.9 Å². The average molecular weight is 232 g/mol. The topological polar surface area (TPSA) is 25.8 Å². The third-order valence-corrected chi connectivity index (χ3v) is 2.01. The van der Waals surface area contributed by atoms with E-state index in [1.807, 2.05) is 0 Å². The predicted molar refractivity (Wildman–Crippen MR) is 41.8 cm³/mol. The van der Waals surface area contributed by atoms with Crippen LogP contribution in [-0.4, -0.2) is 22.6 Å². The molecule has 0 aliphatic heterocycles. The fourth-order valence-corrected chi connectivity index (χ4v) is 1.17. The van der Waals surface area contributed by atoms with E-state index >= 15 is 0 Å². The molecular formula is C5H5BF3KN2S. The number of halogens is 3. The summed E-state index contributed by atoms with van der Waals surface area (Å²) in [4.78, 5) is 7.33. The van der Waals surface area contributed by atoms with Gasteiger partial charge in [-0.2, -0.15) is 0 Å². The summed E-state index contributed by atoms with van der Waals surface area (Å²) in [5.74, 6) is 0. The molecule has 0 aliphatic rings. The van der Waals surface area contributed by atoms with Gasteiger partial charge in [-0.25, -0.2) is 4.98 Å². The van der Waals surface area contributed by atoms with Crippen LogP contribution in [-0.2, 0) is 0 Å². The second-order valence-electron chi connectivity index (χ2n) is 2.07. The zero-order valence-corrected chi connectivity index (χ0v) is 10.9. The maximum absolute atomic E-state index is 11.7. The Morgan fingerprint density at radius 2 is 2.00 bits per heavy atom. The van der Waals surface area contributed by atoms with Crippen LogP contribution in [0.2, 0.25) is 0 Å². The van der Waals surface area contributed by atoms with Crippen LogP contribution in [0.3, 0.4) is 0 Å². The van der Waals surface area contributed by atoms with Crippen molar-refractivity contribution in [3.05, 3.63) is 18.6 Å². The molecule has 0 bridgehead atoms. The van der Waals surface area contributed by atoms with Crippen molar-refractivity contribution < 1.29 is 64.3 Å². The largest absolute Gasteiger partial charge is 1.00 e. The monoisotopic (exact) mass is 232 g/mol. The van der Waals surface area contributed by atoms with Gasteiger partial charge < -0.3 is 12.9 Å². The molecule has 8 heteroatoms. The minimum atomic E-state index is -4.73. The van der Waals surface area contributed by atoms with Gasteiger partial charge in [0, 0.05) is 12.4 Å². The van der Waals surface area contributed by atoms with Crippen LogP contribution in [0.15, 0.2) is 23.6 Å². The average Bonchev–Trinajstić information content (AvgIpc) is 2.02. The van der Waals surface area contributed by atoms with Gasteiger partial charge in [-0.05, 0) is 5.65 Å². The number of hydrogen-bond donors (Lipinski definition) is 0. The molecule has 1 aromatic rings. The summed E-state index contributed by atoms with van der Waals surface area (Å²) in [5, 5.41) is 0.303. The minimum Gasteiger partial charge on any atom is -0.448 e. The molecule has 1 aromatic heterocycles. The second-order valence-corrected chi connectivity index (χ2v) is 3.11. The van der Waals surface area contributed by atoms with E-state index in [1.165, 1.54) is 18.6 Å². The van der Waals surface area contributed by atoms with Crippen molar-refractivity contribution in [2.45, 2.75) is 5.03 Å². The van der Waals surface area contributed by atoms with E-state index in [1.54, 1.807) is 0 Å². The summed E-state index contributed by atoms with van der Waals surface area (Å²) < 4.78 is 35.2. The maximum atomic E-state index is 11.7. The second kappa shape index (κ2) is 6.41. The van der Waals surface area contributed by atoms with E-state index in [2.05, 4.69) is 9.97 Å². The van der Waals surface area contributed by atoms with Crippen LogP contribution in [0.25, 0.3) is 0 Å². The number of nitrogens with zero attached hydrogens (tertiary/aromatic N) is 2. The zero-order chi connectivity index (χ0) is 9.03. The van der Waals surface area contributed by atoms with Gasteiger partial charge in [-0.1, -0.05) is 0 Å². The molecule has 0 aromatic carbocycles. The molecule has 0 fully saturated rings. The Labute approximate surface area is 121 Å². The van der Waals surface area contributed by atoms with E-state index in [-0.39, 0.29) is 51.4 Å². The fraction of sp³-hybridized carbons (Fsp3) is 0.200. The molecule has 0 atom stereocenters. The van der Waals surface area contributed by atoms with Gasteiger partial charge in [0.05, 0.1) is 6.20 Å². The van der Waals surface area contributed by atoms with Crippen molar-refractivity contribution in [2.24, 2.45) is 0 Å². The number of aromatic nitrogens is 2. The molecule has 0 radical (unpaired) electrons. The first-order valence-electron chi connectivity index (χ1n) is 3.18. The molecule has 1 rings (SSSR count). The first-order valence-corrected chi connectivity index (χ1v) is 4.16. The Morgan fingerprint density at radius 1 is 1.31 bits per heavy atom. The Morgan fingerprint density at radius 3 is 2.46 bits per heavy atom. The van der Waals surface area contributed by atoms with Gasteiger partial charge in [-0.3, -0.25) is 4.98 Å². The van der Waals surface area contributed by atoms with E-state index in [0.717, 1.165) is 0 Å². The first-order chi connectivity index (χ1) is 5.58. The van der Waals surface area contributed by atoms with Crippen molar-refractivity contribution in [3.63, 3.8) is 0 Å². The van der Waals surface area contributed by atoms with Crippen molar-refractivity contribution in [1.29, 1.82) is 0 Å². The van der Waals surface area contributed by atoms with E-state index in [0.29, 0.717) is 16.8 Å². The summed E-state index contributed by atoms with van der Waals surface area (Å²) in [5.41, 5.74) is -0.862. The Kier molecular flexibility index (Phi) is 6.87. The molecule has 66 valence electrons. The van der Waals surface area contributed by atoms with Crippen LogP contribution in [0.4, 0.5) is 12.9 Å². The van der Waals surface area contributed by atoms with Crippen LogP contribution in [0.1, 0.15) is 0 Å². The SMILES string of the molecule is F[B-](F)(F)CSc1cnccn1.[K+]. The third-order valence-electron chi connectivity index (χ3n) is 0.960. The predicted octanol–water partition coefficient (Wildman–Crippen LogP) is -1.04. The van der Waals surface area contributed by atoms with Crippen molar-refractivity contribution in [3.8, 4) is 0 Å². The zero-order valence-electron chi connectivity index (χ0n) is 6.95. The Hall–Kier alpha value is 0.921. The van der Waals surface area contributed by atoms with Crippen molar-refractivity contribution >= 4 is 18.7 Å². The molecule has 0 saturated carbocycles. The molecule has 0 saturated heterocycles. The summed E-state index contributed by atoms with van der Waals surface area (Å²) in [7, 11) is 0. The summed E-state index contributed by atoms with van der Waals surface area (Å²) in [6.07, 6.45) is 4.10. The van der Waals surface area contributed by atoms with E-state index in [4.69, 9.17) is 0 Å². The molecule has 13 heavy (non-hydrogen) atoms. The fourth-order valence-electron chi connectivity index (χ4n) is 0.540. The Balaban J connectivity index is 0.00000144. The number of hydrogen-bond acceptors (Lipinski definition) is 3. The quantitative estimate of drug-likeness (QED) is 0.491. The van der Waals surface area contributed by atoms with Crippen LogP contribution in [0.5, 0.6) is 0 Å². The van der Waals surface area contributed by atoms with Crippen LogP contribution in [0, 0.1) is 0 Å². The molecule has 0 amide bonds. The number of rotatable bonds is 3. The van der Waals surface area contributed by atoms with Gasteiger partial charge in [-0.15, -0.1) is 11.8 Å². The maximum Gasteiger partial charge on any atom is 1.00 e. The molecule has 0 unspecified atom stereocenters. The molecular weight excluding hydrogens is 227 g/mol. The third kappa shape index (κ3) is 6.92. The summed E-state index contributed by atoms with van der Waals surface area (Å²) in [6, 6.07) is 0. The molecule has 0 aliphatic carbocycles. The van der Waals surface area contributed by atoms with Crippen molar-refractivity contribution in [2.75, 3.05) is 5.65 Å². The summed E-state index contributed by atoms with van der Waals surface area (Å²) in [6.45, 7) is -4.73. The van der Waals surface area contributed by atoms with Gasteiger partial charge in [0.25, 0.3) is 0 Å². The van der Waals surface area contributed by atoms with Gasteiger partial charge >= 0.3 is 58.4 Å². The molecule has 1 heterocycles. The standard InChI is InChI=1S/C5H5BF3N2S.K/c7-6(8,9)4-12-5-3-10-1-2-11-5;/h1-3H,4H2;/q-1;+1. The van der Waals surface area contributed by atoms with Gasteiger partial charge in [0.15, 0.2) is 0 Å². The van der Waals surface area contributed by atoms with Crippen molar-refractivity contribution in [1.82, 2.24) is 9.97 Å². The van der Waals surface area contributed by atoms with Gasteiger partial charge in [0.2, 0.25) is 0 Å². The smallest absolute Gasteiger partial charge is 0.448 e. The van der Waals surface area contributed by atoms with Crippen LogP contribution >= 0.6 is 11.8 Å². The number of thioether (sulfide) groups is 1. The molecule has 0 N–H and O–H groups in total.